The number of carbonyl (C=O) groups excluding carboxylic acids is 1. The Bertz CT molecular complexity index is 347. The van der Waals surface area contributed by atoms with Crippen molar-refractivity contribution in [3.05, 3.63) is 0 Å². The Balaban J connectivity index is 1.50. The van der Waals surface area contributed by atoms with Gasteiger partial charge in [0.15, 0.2) is 0 Å². The van der Waals surface area contributed by atoms with Gasteiger partial charge in [0, 0.05) is 13.1 Å². The molecule has 5 fully saturated rings. The quantitative estimate of drug-likeness (QED) is 0.826. The van der Waals surface area contributed by atoms with Crippen molar-refractivity contribution in [1.82, 2.24) is 10.2 Å². The third-order valence-corrected chi connectivity index (χ3v) is 6.33. The van der Waals surface area contributed by atoms with E-state index in [-0.39, 0.29) is 6.04 Å². The summed E-state index contributed by atoms with van der Waals surface area (Å²) in [6, 6.07) is 0.671. The maximum atomic E-state index is 12.6. The van der Waals surface area contributed by atoms with E-state index in [1.54, 1.807) is 0 Å². The topological polar surface area (TPSA) is 32.3 Å². The molecule has 106 valence electrons. The van der Waals surface area contributed by atoms with Gasteiger partial charge in [-0.3, -0.25) is 4.79 Å². The Kier molecular flexibility index (Phi) is 2.87. The monoisotopic (exact) mass is 262 g/mol. The fourth-order valence-corrected chi connectivity index (χ4v) is 5.82. The predicted molar refractivity (Wildman–Crippen MR) is 74.6 cm³/mol. The lowest BCUT2D eigenvalue weighted by molar-refractivity contribution is -0.143. The van der Waals surface area contributed by atoms with E-state index >= 15 is 0 Å². The SMILES string of the molecule is CN(C(=O)[C@@H]1CCCN1)C1C2CC3CC(C2)CC1C3. The summed E-state index contributed by atoms with van der Waals surface area (Å²) < 4.78 is 0. The summed E-state index contributed by atoms with van der Waals surface area (Å²) in [6.07, 6.45) is 9.27. The first-order valence-electron chi connectivity index (χ1n) is 8.22. The van der Waals surface area contributed by atoms with Crippen LogP contribution >= 0.6 is 0 Å². The van der Waals surface area contributed by atoms with E-state index < -0.39 is 0 Å². The lowest BCUT2D eigenvalue weighted by Crippen LogP contribution is -2.58. The minimum Gasteiger partial charge on any atom is -0.341 e. The number of hydrogen-bond acceptors (Lipinski definition) is 2. The number of rotatable bonds is 2. The summed E-state index contributed by atoms with van der Waals surface area (Å²) in [4.78, 5) is 14.8. The Labute approximate surface area is 116 Å². The van der Waals surface area contributed by atoms with E-state index in [2.05, 4.69) is 17.3 Å². The van der Waals surface area contributed by atoms with E-state index in [1.165, 1.54) is 32.1 Å². The van der Waals surface area contributed by atoms with Crippen LogP contribution in [0.4, 0.5) is 0 Å². The second-order valence-electron chi connectivity index (χ2n) is 7.52. The highest BCUT2D eigenvalue weighted by Crippen LogP contribution is 2.55. The van der Waals surface area contributed by atoms with Gasteiger partial charge >= 0.3 is 0 Å². The molecule has 19 heavy (non-hydrogen) atoms. The molecule has 4 aliphatic carbocycles. The zero-order chi connectivity index (χ0) is 13.0. The average Bonchev–Trinajstić information content (AvgIpc) is 2.90. The highest BCUT2D eigenvalue weighted by atomic mass is 16.2. The minimum absolute atomic E-state index is 0.113. The largest absolute Gasteiger partial charge is 0.341 e. The van der Waals surface area contributed by atoms with Gasteiger partial charge in [-0.05, 0) is 75.2 Å². The zero-order valence-corrected chi connectivity index (χ0v) is 12.0. The fraction of sp³-hybridized carbons (Fsp3) is 0.938. The molecule has 5 aliphatic rings. The van der Waals surface area contributed by atoms with Crippen LogP contribution in [0.2, 0.25) is 0 Å². The van der Waals surface area contributed by atoms with Crippen LogP contribution in [0, 0.1) is 23.7 Å². The first-order chi connectivity index (χ1) is 9.22. The van der Waals surface area contributed by atoms with Crippen LogP contribution in [0.15, 0.2) is 0 Å². The van der Waals surface area contributed by atoms with Crippen LogP contribution in [0.3, 0.4) is 0 Å². The molecule has 0 unspecified atom stereocenters. The summed E-state index contributed by atoms with van der Waals surface area (Å²) in [6.45, 7) is 1.02. The predicted octanol–water partition coefficient (Wildman–Crippen LogP) is 2.02. The van der Waals surface area contributed by atoms with Crippen LogP contribution in [-0.2, 0) is 4.79 Å². The number of amides is 1. The summed E-state index contributed by atoms with van der Waals surface area (Å²) in [5, 5.41) is 3.37. The molecule has 1 saturated heterocycles. The molecular weight excluding hydrogens is 236 g/mol. The van der Waals surface area contributed by atoms with Crippen molar-refractivity contribution in [2.24, 2.45) is 23.7 Å². The number of nitrogens with zero attached hydrogens (tertiary/aromatic N) is 1. The third-order valence-electron chi connectivity index (χ3n) is 6.33. The molecule has 0 aromatic carbocycles. The Morgan fingerprint density at radius 1 is 1.05 bits per heavy atom. The number of carbonyl (C=O) groups is 1. The normalized spacial score (nSPS) is 47.6. The molecule has 4 saturated carbocycles. The highest BCUT2D eigenvalue weighted by molar-refractivity contribution is 5.82. The van der Waals surface area contributed by atoms with Crippen LogP contribution in [0.1, 0.15) is 44.9 Å². The second kappa shape index (κ2) is 4.47. The average molecular weight is 262 g/mol. The van der Waals surface area contributed by atoms with Crippen molar-refractivity contribution >= 4 is 5.91 Å². The van der Waals surface area contributed by atoms with Gasteiger partial charge < -0.3 is 10.2 Å². The van der Waals surface area contributed by atoms with E-state index in [0.717, 1.165) is 43.1 Å². The van der Waals surface area contributed by atoms with Gasteiger partial charge in [-0.15, -0.1) is 0 Å². The molecule has 0 radical (unpaired) electrons. The molecule has 0 aromatic heterocycles. The van der Waals surface area contributed by atoms with Gasteiger partial charge in [-0.2, -0.15) is 0 Å². The molecule has 1 aliphatic heterocycles. The number of likely N-dealkylation sites (N-methyl/N-ethyl adjacent to an activating group) is 1. The first kappa shape index (κ1) is 12.2. The van der Waals surface area contributed by atoms with Gasteiger partial charge in [-0.1, -0.05) is 0 Å². The lowest BCUT2D eigenvalue weighted by atomic mass is 9.54. The van der Waals surface area contributed by atoms with Crippen molar-refractivity contribution in [1.29, 1.82) is 0 Å². The summed E-state index contributed by atoms with van der Waals surface area (Å²) in [5.74, 6) is 3.98. The molecule has 3 nitrogen and oxygen atoms in total. The standard InChI is InChI=1S/C16H26N2O/c1-18(16(19)14-3-2-4-17-14)15-12-6-10-5-11(8-12)9-13(15)7-10/h10-15,17H,2-9H2,1H3/t10?,11?,12?,13?,14-,15?/m0/s1. The minimum atomic E-state index is 0.113. The zero-order valence-electron chi connectivity index (χ0n) is 12.0. The number of hydrogen-bond donors (Lipinski definition) is 1. The molecule has 4 bridgehead atoms. The van der Waals surface area contributed by atoms with E-state index in [0.29, 0.717) is 11.9 Å². The van der Waals surface area contributed by atoms with E-state index in [4.69, 9.17) is 0 Å². The molecular formula is C16H26N2O. The highest BCUT2D eigenvalue weighted by Gasteiger charge is 2.50. The molecule has 0 spiro atoms. The third kappa shape index (κ3) is 1.93. The maximum absolute atomic E-state index is 12.6. The molecule has 1 amide bonds. The van der Waals surface area contributed by atoms with Gasteiger partial charge in [0.05, 0.1) is 6.04 Å². The van der Waals surface area contributed by atoms with Crippen LogP contribution < -0.4 is 5.32 Å². The van der Waals surface area contributed by atoms with Crippen LogP contribution in [0.5, 0.6) is 0 Å². The van der Waals surface area contributed by atoms with Crippen molar-refractivity contribution < 1.29 is 4.79 Å². The lowest BCUT2D eigenvalue weighted by Gasteiger charge is -2.56. The van der Waals surface area contributed by atoms with Gasteiger partial charge in [0.1, 0.15) is 0 Å². The molecule has 1 heterocycles. The summed E-state index contributed by atoms with van der Waals surface area (Å²) in [7, 11) is 2.08. The van der Waals surface area contributed by atoms with Crippen molar-refractivity contribution in [3.63, 3.8) is 0 Å². The van der Waals surface area contributed by atoms with Crippen LogP contribution in [0.25, 0.3) is 0 Å². The molecule has 3 heteroatoms. The van der Waals surface area contributed by atoms with Gasteiger partial charge in [-0.25, -0.2) is 0 Å². The second-order valence-corrected chi connectivity index (χ2v) is 7.52. The molecule has 5 rings (SSSR count). The van der Waals surface area contributed by atoms with E-state index in [9.17, 15) is 4.79 Å². The van der Waals surface area contributed by atoms with Gasteiger partial charge in [0.2, 0.25) is 5.91 Å². The van der Waals surface area contributed by atoms with Crippen LogP contribution in [-0.4, -0.2) is 36.5 Å². The maximum Gasteiger partial charge on any atom is 0.239 e. The number of nitrogens with one attached hydrogen (secondary N) is 1. The molecule has 1 atom stereocenters. The van der Waals surface area contributed by atoms with Gasteiger partial charge in [0.25, 0.3) is 0 Å². The Morgan fingerprint density at radius 2 is 1.68 bits per heavy atom. The molecule has 0 aromatic rings. The summed E-state index contributed by atoms with van der Waals surface area (Å²) in [5.41, 5.74) is 0. The Hall–Kier alpha value is -0.570. The van der Waals surface area contributed by atoms with Crippen molar-refractivity contribution in [2.45, 2.75) is 57.0 Å². The Morgan fingerprint density at radius 3 is 2.21 bits per heavy atom. The fourth-order valence-electron chi connectivity index (χ4n) is 5.82. The summed E-state index contributed by atoms with van der Waals surface area (Å²) >= 11 is 0. The van der Waals surface area contributed by atoms with Crippen molar-refractivity contribution in [2.75, 3.05) is 13.6 Å². The van der Waals surface area contributed by atoms with E-state index in [1.807, 2.05) is 0 Å². The first-order valence-corrected chi connectivity index (χ1v) is 8.22. The van der Waals surface area contributed by atoms with Crippen molar-refractivity contribution in [3.8, 4) is 0 Å². The molecule has 1 N–H and O–H groups in total. The smallest absolute Gasteiger partial charge is 0.239 e.